The number of carbonyl (C=O) groups is 1. The second-order valence-electron chi connectivity index (χ2n) is 3.06. The number of amides is 1. The van der Waals surface area contributed by atoms with Crippen LogP contribution in [-0.4, -0.2) is 23.4 Å². The molecule has 0 aromatic carbocycles. The van der Waals surface area contributed by atoms with Crippen LogP contribution in [-0.2, 0) is 4.79 Å². The maximum absolute atomic E-state index is 11.5. The molecule has 0 bridgehead atoms. The van der Waals surface area contributed by atoms with Crippen molar-refractivity contribution in [3.63, 3.8) is 0 Å². The summed E-state index contributed by atoms with van der Waals surface area (Å²) in [6, 6.07) is 0. The van der Waals surface area contributed by atoms with Gasteiger partial charge in [0.05, 0.1) is 0 Å². The lowest BCUT2D eigenvalue weighted by Crippen LogP contribution is -2.54. The highest BCUT2D eigenvalue weighted by atomic mass is 16.2. The van der Waals surface area contributed by atoms with Gasteiger partial charge in [0.25, 0.3) is 5.91 Å². The lowest BCUT2D eigenvalue weighted by molar-refractivity contribution is -0.134. The molecule has 0 saturated heterocycles. The quantitative estimate of drug-likeness (QED) is 0.602. The van der Waals surface area contributed by atoms with Crippen LogP contribution >= 0.6 is 0 Å². The van der Waals surface area contributed by atoms with Gasteiger partial charge in [0, 0.05) is 19.4 Å². The molecule has 0 fully saturated rings. The van der Waals surface area contributed by atoms with Crippen molar-refractivity contribution in [3.05, 3.63) is 12.4 Å². The van der Waals surface area contributed by atoms with Crippen LogP contribution in [0.15, 0.2) is 12.4 Å². The third-order valence-corrected chi connectivity index (χ3v) is 2.20. The van der Waals surface area contributed by atoms with Crippen molar-refractivity contribution >= 4 is 5.91 Å². The summed E-state index contributed by atoms with van der Waals surface area (Å²) in [5, 5.41) is 3.05. The van der Waals surface area contributed by atoms with Gasteiger partial charge in [0.2, 0.25) is 0 Å². The van der Waals surface area contributed by atoms with Gasteiger partial charge in [-0.1, -0.05) is 6.92 Å². The summed E-state index contributed by atoms with van der Waals surface area (Å²) in [7, 11) is 1.77. The van der Waals surface area contributed by atoms with Crippen LogP contribution in [0.4, 0.5) is 0 Å². The highest BCUT2D eigenvalue weighted by Gasteiger charge is 2.33. The second-order valence-corrected chi connectivity index (χ2v) is 3.06. The summed E-state index contributed by atoms with van der Waals surface area (Å²) in [4.78, 5) is 13.1. The Labute approximate surface area is 67.1 Å². The van der Waals surface area contributed by atoms with Gasteiger partial charge >= 0.3 is 0 Å². The number of likely N-dealkylation sites (N-methyl/N-ethyl adjacent to an activating group) is 1. The molecule has 1 heterocycles. The van der Waals surface area contributed by atoms with Gasteiger partial charge in [-0.15, -0.1) is 0 Å². The highest BCUT2D eigenvalue weighted by molar-refractivity contribution is 5.87. The van der Waals surface area contributed by atoms with E-state index >= 15 is 0 Å². The molecule has 3 nitrogen and oxygen atoms in total. The molecule has 0 aromatic rings. The fourth-order valence-corrected chi connectivity index (χ4v) is 1.10. The molecule has 0 radical (unpaired) electrons. The Hall–Kier alpha value is -0.990. The minimum Gasteiger partial charge on any atom is -0.376 e. The molecule has 1 atom stereocenters. The van der Waals surface area contributed by atoms with Crippen LogP contribution in [0.2, 0.25) is 0 Å². The van der Waals surface area contributed by atoms with Crippen molar-refractivity contribution < 1.29 is 4.79 Å². The summed E-state index contributed by atoms with van der Waals surface area (Å²) in [6.45, 7) is 3.91. The minimum absolute atomic E-state index is 0.127. The third kappa shape index (κ3) is 1.23. The average Bonchev–Trinajstić information content (AvgIpc) is 2.00. The van der Waals surface area contributed by atoms with Crippen molar-refractivity contribution in [3.8, 4) is 0 Å². The van der Waals surface area contributed by atoms with E-state index in [9.17, 15) is 4.79 Å². The fourth-order valence-electron chi connectivity index (χ4n) is 1.10. The molecular weight excluding hydrogens is 140 g/mol. The van der Waals surface area contributed by atoms with Gasteiger partial charge in [-0.05, 0) is 13.3 Å². The van der Waals surface area contributed by atoms with E-state index in [0.29, 0.717) is 0 Å². The van der Waals surface area contributed by atoms with Crippen molar-refractivity contribution in [2.75, 3.05) is 7.05 Å². The first-order valence-electron chi connectivity index (χ1n) is 3.82. The zero-order valence-corrected chi connectivity index (χ0v) is 7.22. The molecule has 1 amide bonds. The van der Waals surface area contributed by atoms with Crippen molar-refractivity contribution in [1.29, 1.82) is 0 Å². The van der Waals surface area contributed by atoms with Gasteiger partial charge in [0.1, 0.15) is 5.54 Å². The largest absolute Gasteiger partial charge is 0.376 e. The summed E-state index contributed by atoms with van der Waals surface area (Å²) >= 11 is 0. The van der Waals surface area contributed by atoms with Crippen LogP contribution in [0.1, 0.15) is 20.3 Å². The second kappa shape index (κ2) is 2.57. The Morgan fingerprint density at radius 2 is 2.36 bits per heavy atom. The molecule has 11 heavy (non-hydrogen) atoms. The molecule has 62 valence electrons. The maximum Gasteiger partial charge on any atom is 0.251 e. The van der Waals surface area contributed by atoms with Gasteiger partial charge in [-0.25, -0.2) is 0 Å². The molecular formula is C8H14N2O. The van der Waals surface area contributed by atoms with E-state index in [1.54, 1.807) is 18.1 Å². The molecule has 0 saturated carbocycles. The van der Waals surface area contributed by atoms with Crippen LogP contribution in [0.25, 0.3) is 0 Å². The number of hydrogen-bond acceptors (Lipinski definition) is 2. The minimum atomic E-state index is -0.399. The Morgan fingerprint density at radius 3 is 2.82 bits per heavy atom. The molecule has 0 spiro atoms. The van der Waals surface area contributed by atoms with Crippen molar-refractivity contribution in [2.45, 2.75) is 25.8 Å². The number of nitrogens with one attached hydrogen (secondary N) is 1. The predicted molar refractivity (Wildman–Crippen MR) is 43.7 cm³/mol. The number of rotatable bonds is 1. The zero-order valence-electron chi connectivity index (χ0n) is 7.22. The normalized spacial score (nSPS) is 30.5. The zero-order chi connectivity index (χ0) is 8.48. The van der Waals surface area contributed by atoms with Crippen LogP contribution < -0.4 is 5.32 Å². The van der Waals surface area contributed by atoms with Crippen molar-refractivity contribution in [2.24, 2.45) is 0 Å². The topological polar surface area (TPSA) is 32.3 Å². The van der Waals surface area contributed by atoms with E-state index in [1.165, 1.54) is 0 Å². The molecule has 1 N–H and O–H groups in total. The van der Waals surface area contributed by atoms with E-state index in [2.05, 4.69) is 5.32 Å². The summed E-state index contributed by atoms with van der Waals surface area (Å²) in [6.07, 6.45) is 4.35. The number of hydrogen-bond donors (Lipinski definition) is 1. The summed E-state index contributed by atoms with van der Waals surface area (Å²) < 4.78 is 0. The first kappa shape index (κ1) is 8.11. The molecule has 1 aliphatic rings. The van der Waals surface area contributed by atoms with E-state index < -0.39 is 5.54 Å². The average molecular weight is 154 g/mol. The Kier molecular flexibility index (Phi) is 1.89. The molecule has 3 heteroatoms. The SMILES string of the molecule is CCC1(C)NC=CN(C)C1=O. The first-order chi connectivity index (χ1) is 5.10. The van der Waals surface area contributed by atoms with Crippen LogP contribution in [0.5, 0.6) is 0 Å². The predicted octanol–water partition coefficient (Wildman–Crippen LogP) is 0.688. The summed E-state index contributed by atoms with van der Waals surface area (Å²) in [5.41, 5.74) is -0.399. The third-order valence-electron chi connectivity index (χ3n) is 2.20. The van der Waals surface area contributed by atoms with Crippen molar-refractivity contribution in [1.82, 2.24) is 10.2 Å². The molecule has 0 aliphatic carbocycles. The molecule has 0 aromatic heterocycles. The van der Waals surface area contributed by atoms with Gasteiger partial charge in [0.15, 0.2) is 0 Å². The van der Waals surface area contributed by atoms with E-state index in [0.717, 1.165) is 6.42 Å². The van der Waals surface area contributed by atoms with Gasteiger partial charge in [-0.2, -0.15) is 0 Å². The fraction of sp³-hybridized carbons (Fsp3) is 0.625. The standard InChI is InChI=1S/C8H14N2O/c1-4-8(2)7(11)10(3)6-5-9-8/h5-6,9H,4H2,1-3H3. The Balaban J connectivity index is 2.86. The van der Waals surface area contributed by atoms with E-state index in [-0.39, 0.29) is 5.91 Å². The number of nitrogens with zero attached hydrogens (tertiary/aromatic N) is 1. The van der Waals surface area contributed by atoms with E-state index in [4.69, 9.17) is 0 Å². The number of carbonyl (C=O) groups excluding carboxylic acids is 1. The molecule has 1 unspecified atom stereocenters. The first-order valence-corrected chi connectivity index (χ1v) is 3.82. The highest BCUT2D eigenvalue weighted by Crippen LogP contribution is 2.15. The van der Waals surface area contributed by atoms with Crippen LogP contribution in [0, 0.1) is 0 Å². The lowest BCUT2D eigenvalue weighted by atomic mass is 9.96. The van der Waals surface area contributed by atoms with E-state index in [1.807, 2.05) is 20.0 Å². The summed E-state index contributed by atoms with van der Waals surface area (Å²) in [5.74, 6) is 0.127. The van der Waals surface area contributed by atoms with Gasteiger partial charge < -0.3 is 10.2 Å². The Bertz CT molecular complexity index is 200. The molecule has 1 rings (SSSR count). The Morgan fingerprint density at radius 1 is 1.73 bits per heavy atom. The van der Waals surface area contributed by atoms with Gasteiger partial charge in [-0.3, -0.25) is 4.79 Å². The molecule has 1 aliphatic heterocycles. The monoisotopic (exact) mass is 154 g/mol. The maximum atomic E-state index is 11.5. The smallest absolute Gasteiger partial charge is 0.251 e. The lowest BCUT2D eigenvalue weighted by Gasteiger charge is -2.34. The van der Waals surface area contributed by atoms with Crippen LogP contribution in [0.3, 0.4) is 0 Å².